The van der Waals surface area contributed by atoms with Gasteiger partial charge in [-0.1, -0.05) is 0 Å². The molecule has 194 valence electrons. The Morgan fingerprint density at radius 1 is 1.13 bits per heavy atom. The normalized spacial score (nSPS) is 17.9. The number of piperidine rings is 1. The van der Waals surface area contributed by atoms with Gasteiger partial charge in [0.2, 0.25) is 0 Å². The molecule has 0 bridgehead atoms. The topological polar surface area (TPSA) is 107 Å². The van der Waals surface area contributed by atoms with Crippen LogP contribution in [0.5, 0.6) is 0 Å². The van der Waals surface area contributed by atoms with E-state index in [9.17, 15) is 23.2 Å². The van der Waals surface area contributed by atoms with Gasteiger partial charge >= 0.3 is 0 Å². The molecule has 9 nitrogen and oxygen atoms in total. The fourth-order valence-corrected chi connectivity index (χ4v) is 5.58. The van der Waals surface area contributed by atoms with Gasteiger partial charge in [-0.2, -0.15) is 10.4 Å². The second-order valence-electron chi connectivity index (χ2n) is 9.84. The highest BCUT2D eigenvalue weighted by atomic mass is 19.2. The summed E-state index contributed by atoms with van der Waals surface area (Å²) < 4.78 is 43.6. The first-order valence-corrected chi connectivity index (χ1v) is 12.3. The number of carbonyl (C=O) groups is 1. The van der Waals surface area contributed by atoms with Crippen molar-refractivity contribution >= 4 is 16.9 Å². The number of nitrogens with zero attached hydrogens (tertiary/aromatic N) is 7. The third kappa shape index (κ3) is 3.90. The first kappa shape index (κ1) is 24.1. The monoisotopic (exact) mass is 520 g/mol. The number of likely N-dealkylation sites (tertiary alicyclic amines) is 2. The number of hydrogen-bond acceptors (Lipinski definition) is 6. The summed E-state index contributed by atoms with van der Waals surface area (Å²) >= 11 is 0. The van der Waals surface area contributed by atoms with Crippen LogP contribution in [0, 0.1) is 28.8 Å². The molecule has 0 spiro atoms. The van der Waals surface area contributed by atoms with E-state index >= 15 is 0 Å². The van der Waals surface area contributed by atoms with E-state index < -0.39 is 34.5 Å². The van der Waals surface area contributed by atoms with Crippen LogP contribution in [0.4, 0.5) is 13.2 Å². The van der Waals surface area contributed by atoms with Crippen molar-refractivity contribution in [3.63, 3.8) is 0 Å². The van der Waals surface area contributed by atoms with E-state index in [0.29, 0.717) is 45.1 Å². The molecule has 3 aromatic heterocycles. The van der Waals surface area contributed by atoms with Gasteiger partial charge in [0.15, 0.2) is 11.6 Å². The first-order valence-electron chi connectivity index (χ1n) is 12.3. The second-order valence-corrected chi connectivity index (χ2v) is 9.84. The van der Waals surface area contributed by atoms with Gasteiger partial charge in [-0.05, 0) is 31.0 Å². The van der Waals surface area contributed by atoms with Crippen LogP contribution in [0.25, 0.3) is 22.3 Å². The summed E-state index contributed by atoms with van der Waals surface area (Å²) in [5.74, 6) is -4.62. The standard InChI is InChI=1S/C26H23F3N8O/c27-19-1-2-20(28)22(29)21(19)25(38)35-9-4-17(5-10-35)36-13-26(14-36,6-7-30)37-12-16(11-34-37)23-18-3-8-31-24(18)33-15-32-23/h1-3,8,11-12,15,17H,4-6,9-10,13-14H2,(H,31,32,33). The van der Waals surface area contributed by atoms with Crippen molar-refractivity contribution in [1.82, 2.24) is 34.5 Å². The summed E-state index contributed by atoms with van der Waals surface area (Å²) in [7, 11) is 0. The van der Waals surface area contributed by atoms with Gasteiger partial charge in [0.25, 0.3) is 5.91 Å². The molecule has 12 heteroatoms. The predicted octanol–water partition coefficient (Wildman–Crippen LogP) is 3.47. The zero-order valence-corrected chi connectivity index (χ0v) is 20.2. The number of benzene rings is 1. The largest absolute Gasteiger partial charge is 0.346 e. The summed E-state index contributed by atoms with van der Waals surface area (Å²) in [6.07, 6.45) is 8.43. The Balaban J connectivity index is 1.13. The van der Waals surface area contributed by atoms with Crippen LogP contribution in [0.3, 0.4) is 0 Å². The summed E-state index contributed by atoms with van der Waals surface area (Å²) in [6, 6.07) is 5.77. The lowest BCUT2D eigenvalue weighted by Gasteiger charge is -2.53. The highest BCUT2D eigenvalue weighted by Crippen LogP contribution is 2.37. The van der Waals surface area contributed by atoms with Crippen LogP contribution in [0.15, 0.2) is 43.1 Å². The molecule has 0 aliphatic carbocycles. The van der Waals surface area contributed by atoms with Crippen LogP contribution < -0.4 is 0 Å². The van der Waals surface area contributed by atoms with E-state index in [4.69, 9.17) is 0 Å². The average Bonchev–Trinajstić information content (AvgIpc) is 3.59. The van der Waals surface area contributed by atoms with Crippen LogP contribution in [0.1, 0.15) is 29.6 Å². The molecule has 2 saturated heterocycles. The number of rotatable bonds is 5. The van der Waals surface area contributed by atoms with Gasteiger partial charge in [0.05, 0.1) is 24.4 Å². The third-order valence-electron chi connectivity index (χ3n) is 7.62. The number of carbonyl (C=O) groups excluding carboxylic acids is 1. The maximum atomic E-state index is 14.1. The van der Waals surface area contributed by atoms with Crippen molar-refractivity contribution in [3.8, 4) is 17.3 Å². The highest BCUT2D eigenvalue weighted by Gasteiger charge is 2.48. The van der Waals surface area contributed by atoms with Gasteiger partial charge in [-0.3, -0.25) is 14.4 Å². The zero-order chi connectivity index (χ0) is 26.4. The second kappa shape index (κ2) is 9.25. The minimum Gasteiger partial charge on any atom is -0.346 e. The molecular formula is C26H23F3N8O. The van der Waals surface area contributed by atoms with Crippen molar-refractivity contribution in [2.45, 2.75) is 30.8 Å². The summed E-state index contributed by atoms with van der Waals surface area (Å²) in [5, 5.41) is 15.0. The van der Waals surface area contributed by atoms with Crippen LogP contribution in [-0.2, 0) is 5.54 Å². The van der Waals surface area contributed by atoms with E-state index in [1.807, 2.05) is 16.9 Å². The average molecular weight is 521 g/mol. The van der Waals surface area contributed by atoms with Gasteiger partial charge in [0, 0.05) is 55.6 Å². The Hall–Kier alpha value is -4.24. The maximum Gasteiger partial charge on any atom is 0.259 e. The van der Waals surface area contributed by atoms with E-state index in [1.165, 1.54) is 11.2 Å². The molecule has 6 rings (SSSR count). The number of hydrogen-bond donors (Lipinski definition) is 1. The van der Waals surface area contributed by atoms with Gasteiger partial charge in [-0.15, -0.1) is 0 Å². The summed E-state index contributed by atoms with van der Waals surface area (Å²) in [5.41, 5.74) is 0.982. The Morgan fingerprint density at radius 2 is 1.89 bits per heavy atom. The minimum absolute atomic E-state index is 0.143. The van der Waals surface area contributed by atoms with E-state index in [0.717, 1.165) is 28.4 Å². The molecule has 1 aromatic carbocycles. The Labute approximate surface area is 215 Å². The molecule has 1 N–H and O–H groups in total. The number of halogens is 3. The summed E-state index contributed by atoms with van der Waals surface area (Å²) in [4.78, 5) is 28.1. The molecule has 2 fully saturated rings. The Morgan fingerprint density at radius 3 is 2.66 bits per heavy atom. The Kier molecular flexibility index (Phi) is 5.87. The molecule has 5 heterocycles. The summed E-state index contributed by atoms with van der Waals surface area (Å²) in [6.45, 7) is 1.81. The van der Waals surface area contributed by atoms with Crippen LogP contribution in [0.2, 0.25) is 0 Å². The minimum atomic E-state index is -1.46. The van der Waals surface area contributed by atoms with Crippen molar-refractivity contribution in [2.75, 3.05) is 26.2 Å². The number of amides is 1. The van der Waals surface area contributed by atoms with Gasteiger partial charge < -0.3 is 9.88 Å². The van der Waals surface area contributed by atoms with Crippen LogP contribution in [-0.4, -0.2) is 72.7 Å². The molecular weight excluding hydrogens is 497 g/mol. The fraction of sp³-hybridized carbons (Fsp3) is 0.346. The van der Waals surface area contributed by atoms with E-state index in [1.54, 1.807) is 12.4 Å². The highest BCUT2D eigenvalue weighted by molar-refractivity contribution is 5.95. The molecule has 0 radical (unpaired) electrons. The zero-order valence-electron chi connectivity index (χ0n) is 20.2. The lowest BCUT2D eigenvalue weighted by molar-refractivity contribution is -0.0412. The molecule has 1 amide bonds. The molecule has 2 aliphatic heterocycles. The molecule has 0 unspecified atom stereocenters. The van der Waals surface area contributed by atoms with Gasteiger partial charge in [-0.25, -0.2) is 23.1 Å². The molecule has 0 atom stereocenters. The number of nitriles is 1. The third-order valence-corrected chi connectivity index (χ3v) is 7.62. The van der Waals surface area contributed by atoms with Crippen molar-refractivity contribution < 1.29 is 18.0 Å². The molecule has 2 aliphatic rings. The number of fused-ring (bicyclic) bond motifs is 1. The van der Waals surface area contributed by atoms with E-state index in [2.05, 4.69) is 31.0 Å². The fourth-order valence-electron chi connectivity index (χ4n) is 5.58. The predicted molar refractivity (Wildman–Crippen MR) is 130 cm³/mol. The first-order chi connectivity index (χ1) is 18.4. The van der Waals surface area contributed by atoms with Crippen molar-refractivity contribution in [3.05, 3.63) is 66.1 Å². The molecule has 38 heavy (non-hydrogen) atoms. The number of H-pyrrole nitrogens is 1. The maximum absolute atomic E-state index is 14.1. The van der Waals surface area contributed by atoms with Gasteiger partial charge in [0.1, 0.15) is 28.9 Å². The Bertz CT molecular complexity index is 1560. The number of nitrogens with one attached hydrogen (secondary N) is 1. The van der Waals surface area contributed by atoms with Crippen LogP contribution >= 0.6 is 0 Å². The lowest BCUT2D eigenvalue weighted by Crippen LogP contribution is -2.66. The smallest absolute Gasteiger partial charge is 0.259 e. The quantitative estimate of drug-likeness (QED) is 0.404. The van der Waals surface area contributed by atoms with Crippen molar-refractivity contribution in [2.24, 2.45) is 0 Å². The lowest BCUT2D eigenvalue weighted by atomic mass is 9.83. The number of aromatic nitrogens is 5. The molecule has 4 aromatic rings. The number of aromatic amines is 1. The van der Waals surface area contributed by atoms with E-state index in [-0.39, 0.29) is 12.5 Å². The molecule has 0 saturated carbocycles. The SMILES string of the molecule is N#CCC1(n2cc(-c3ncnc4[nH]ccc34)cn2)CN(C2CCN(C(=O)c3c(F)ccc(F)c3F)CC2)C1. The van der Waals surface area contributed by atoms with Crippen molar-refractivity contribution in [1.29, 1.82) is 5.26 Å².